The van der Waals surface area contributed by atoms with Gasteiger partial charge in [0.15, 0.2) is 0 Å². The Labute approximate surface area is 142 Å². The van der Waals surface area contributed by atoms with Crippen molar-refractivity contribution in [2.75, 3.05) is 13.1 Å². The maximum Gasteiger partial charge on any atom is 0.261 e. The molecule has 0 aliphatic carbocycles. The number of aryl methyl sites for hydroxylation is 1. The summed E-state index contributed by atoms with van der Waals surface area (Å²) >= 11 is 0. The van der Waals surface area contributed by atoms with Gasteiger partial charge in [-0.05, 0) is 44.2 Å². The molecule has 0 spiro atoms. The van der Waals surface area contributed by atoms with Crippen LogP contribution in [0.4, 0.5) is 0 Å². The molecule has 5 nitrogen and oxygen atoms in total. The lowest BCUT2D eigenvalue weighted by Crippen LogP contribution is -2.39. The van der Waals surface area contributed by atoms with Gasteiger partial charge in [-0.1, -0.05) is 19.1 Å². The molecular formula is C19H25N3O2. The maximum atomic E-state index is 12.6. The van der Waals surface area contributed by atoms with Crippen LogP contribution in [0.15, 0.2) is 29.1 Å². The number of amides is 1. The summed E-state index contributed by atoms with van der Waals surface area (Å²) in [6.45, 7) is 6.33. The minimum Gasteiger partial charge on any atom is -0.342 e. The van der Waals surface area contributed by atoms with Gasteiger partial charge in [0.1, 0.15) is 5.82 Å². The highest BCUT2D eigenvalue weighted by Gasteiger charge is 2.20. The lowest BCUT2D eigenvalue weighted by Gasteiger charge is -2.31. The number of carbonyl (C=O) groups is 1. The highest BCUT2D eigenvalue weighted by atomic mass is 16.2. The van der Waals surface area contributed by atoms with E-state index < -0.39 is 0 Å². The third kappa shape index (κ3) is 3.50. The van der Waals surface area contributed by atoms with Crippen molar-refractivity contribution < 1.29 is 4.79 Å². The van der Waals surface area contributed by atoms with Crippen LogP contribution in [-0.4, -0.2) is 33.4 Å². The smallest absolute Gasteiger partial charge is 0.261 e. The molecule has 1 atom stereocenters. The maximum absolute atomic E-state index is 12.6. The number of carbonyl (C=O) groups excluding carboxylic acids is 1. The zero-order valence-electron chi connectivity index (χ0n) is 14.5. The van der Waals surface area contributed by atoms with Gasteiger partial charge in [0.2, 0.25) is 5.91 Å². The zero-order valence-corrected chi connectivity index (χ0v) is 14.5. The van der Waals surface area contributed by atoms with Gasteiger partial charge in [-0.15, -0.1) is 0 Å². The van der Waals surface area contributed by atoms with Gasteiger partial charge in [0, 0.05) is 26.1 Å². The van der Waals surface area contributed by atoms with Crippen LogP contribution in [0.1, 0.15) is 38.4 Å². The Kier molecular flexibility index (Phi) is 4.97. The molecule has 1 aromatic heterocycles. The van der Waals surface area contributed by atoms with Crippen LogP contribution in [0, 0.1) is 12.8 Å². The molecule has 3 rings (SSSR count). The van der Waals surface area contributed by atoms with E-state index in [1.807, 2.05) is 30.0 Å². The van der Waals surface area contributed by atoms with Crippen molar-refractivity contribution >= 4 is 16.8 Å². The molecule has 2 heterocycles. The van der Waals surface area contributed by atoms with Crippen molar-refractivity contribution in [3.8, 4) is 0 Å². The van der Waals surface area contributed by atoms with Gasteiger partial charge in [0.05, 0.1) is 10.9 Å². The van der Waals surface area contributed by atoms with Crippen molar-refractivity contribution in [1.82, 2.24) is 14.5 Å². The molecule has 1 aromatic carbocycles. The summed E-state index contributed by atoms with van der Waals surface area (Å²) in [6.07, 6.45) is 3.47. The van der Waals surface area contributed by atoms with Crippen molar-refractivity contribution in [3.63, 3.8) is 0 Å². The summed E-state index contributed by atoms with van der Waals surface area (Å²) in [7, 11) is 0. The fourth-order valence-electron chi connectivity index (χ4n) is 3.50. The molecule has 1 aliphatic rings. The van der Waals surface area contributed by atoms with Crippen molar-refractivity contribution in [1.29, 1.82) is 0 Å². The highest BCUT2D eigenvalue weighted by molar-refractivity contribution is 5.77. The van der Waals surface area contributed by atoms with Crippen LogP contribution in [0.2, 0.25) is 0 Å². The third-order valence-electron chi connectivity index (χ3n) is 4.83. The van der Waals surface area contributed by atoms with Crippen LogP contribution < -0.4 is 5.56 Å². The van der Waals surface area contributed by atoms with E-state index in [0.717, 1.165) is 25.0 Å². The average molecular weight is 327 g/mol. The number of benzene rings is 1. The Morgan fingerprint density at radius 3 is 2.92 bits per heavy atom. The van der Waals surface area contributed by atoms with Crippen LogP contribution in [0.3, 0.4) is 0 Å². The van der Waals surface area contributed by atoms with E-state index >= 15 is 0 Å². The van der Waals surface area contributed by atoms with Crippen LogP contribution in [-0.2, 0) is 11.3 Å². The predicted octanol–water partition coefficient (Wildman–Crippen LogP) is 2.74. The fraction of sp³-hybridized carbons (Fsp3) is 0.526. The average Bonchev–Trinajstić information content (AvgIpc) is 2.57. The number of hydrogen-bond acceptors (Lipinski definition) is 3. The highest BCUT2D eigenvalue weighted by Crippen LogP contribution is 2.16. The summed E-state index contributed by atoms with van der Waals surface area (Å²) in [5.41, 5.74) is 0.715. The SMILES string of the molecule is Cc1nc2ccccc2c(=O)n1CCCC(=O)N1CCC[C@H](C)C1. The molecule has 24 heavy (non-hydrogen) atoms. The lowest BCUT2D eigenvalue weighted by molar-refractivity contribution is -0.133. The van der Waals surface area contributed by atoms with Crippen LogP contribution >= 0.6 is 0 Å². The summed E-state index contributed by atoms with van der Waals surface area (Å²) < 4.78 is 1.69. The van der Waals surface area contributed by atoms with Gasteiger partial charge in [-0.2, -0.15) is 0 Å². The molecule has 0 N–H and O–H groups in total. The van der Waals surface area contributed by atoms with Crippen molar-refractivity contribution in [2.24, 2.45) is 5.92 Å². The summed E-state index contributed by atoms with van der Waals surface area (Å²) in [5, 5.41) is 0.638. The molecule has 0 radical (unpaired) electrons. The van der Waals surface area contributed by atoms with Gasteiger partial charge in [-0.25, -0.2) is 4.98 Å². The van der Waals surface area contributed by atoms with E-state index in [-0.39, 0.29) is 11.5 Å². The predicted molar refractivity (Wildman–Crippen MR) is 95.0 cm³/mol. The number of para-hydroxylation sites is 1. The van der Waals surface area contributed by atoms with E-state index in [4.69, 9.17) is 0 Å². The Morgan fingerprint density at radius 1 is 1.33 bits per heavy atom. The minimum atomic E-state index is -0.0165. The van der Waals surface area contributed by atoms with E-state index in [2.05, 4.69) is 11.9 Å². The van der Waals surface area contributed by atoms with Gasteiger partial charge in [-0.3, -0.25) is 14.2 Å². The number of fused-ring (bicyclic) bond motifs is 1. The van der Waals surface area contributed by atoms with E-state index in [1.165, 1.54) is 6.42 Å². The van der Waals surface area contributed by atoms with E-state index in [1.54, 1.807) is 10.6 Å². The van der Waals surface area contributed by atoms with Gasteiger partial charge in [0.25, 0.3) is 5.56 Å². The number of piperidine rings is 1. The topological polar surface area (TPSA) is 55.2 Å². The number of nitrogens with zero attached hydrogens (tertiary/aromatic N) is 3. The molecular weight excluding hydrogens is 302 g/mol. The summed E-state index contributed by atoms with van der Waals surface area (Å²) in [5.74, 6) is 1.51. The minimum absolute atomic E-state index is 0.0165. The van der Waals surface area contributed by atoms with Crippen LogP contribution in [0.25, 0.3) is 10.9 Å². The summed E-state index contributed by atoms with van der Waals surface area (Å²) in [4.78, 5) is 31.4. The third-order valence-corrected chi connectivity index (χ3v) is 4.83. The van der Waals surface area contributed by atoms with Crippen molar-refractivity contribution in [3.05, 3.63) is 40.4 Å². The molecule has 0 unspecified atom stereocenters. The van der Waals surface area contributed by atoms with Gasteiger partial charge < -0.3 is 4.90 Å². The molecule has 5 heteroatoms. The first-order chi connectivity index (χ1) is 11.6. The normalized spacial score (nSPS) is 18.1. The first-order valence-electron chi connectivity index (χ1n) is 8.80. The number of likely N-dealkylation sites (tertiary alicyclic amines) is 1. The second-order valence-electron chi connectivity index (χ2n) is 6.82. The van der Waals surface area contributed by atoms with Crippen LogP contribution in [0.5, 0.6) is 0 Å². The molecule has 2 aromatic rings. The van der Waals surface area contributed by atoms with Crippen molar-refractivity contribution in [2.45, 2.75) is 46.1 Å². The number of hydrogen-bond donors (Lipinski definition) is 0. The van der Waals surface area contributed by atoms with E-state index in [9.17, 15) is 9.59 Å². The number of aromatic nitrogens is 2. The fourth-order valence-corrected chi connectivity index (χ4v) is 3.50. The molecule has 0 bridgehead atoms. The quantitative estimate of drug-likeness (QED) is 0.867. The Bertz CT molecular complexity index is 797. The molecule has 1 fully saturated rings. The Morgan fingerprint density at radius 2 is 2.12 bits per heavy atom. The lowest BCUT2D eigenvalue weighted by atomic mass is 10.00. The zero-order chi connectivity index (χ0) is 17.1. The first-order valence-corrected chi connectivity index (χ1v) is 8.80. The molecule has 128 valence electrons. The van der Waals surface area contributed by atoms with Gasteiger partial charge >= 0.3 is 0 Å². The monoisotopic (exact) mass is 327 g/mol. The van der Waals surface area contributed by atoms with E-state index in [0.29, 0.717) is 36.5 Å². The summed E-state index contributed by atoms with van der Waals surface area (Å²) in [6, 6.07) is 7.40. The Hall–Kier alpha value is -2.17. The molecule has 0 saturated carbocycles. The second-order valence-corrected chi connectivity index (χ2v) is 6.82. The number of rotatable bonds is 4. The molecule has 1 amide bonds. The molecule has 1 aliphatic heterocycles. The largest absolute Gasteiger partial charge is 0.342 e. The molecule has 1 saturated heterocycles. The Balaban J connectivity index is 1.65. The standard InChI is InChI=1S/C19H25N3O2/c1-14-7-5-11-21(13-14)18(23)10-6-12-22-15(2)20-17-9-4-3-8-16(17)19(22)24/h3-4,8-9,14H,5-7,10-13H2,1-2H3/t14-/m0/s1. The second kappa shape index (κ2) is 7.16. The first kappa shape index (κ1) is 16.7.